The Labute approximate surface area is 184 Å². The predicted molar refractivity (Wildman–Crippen MR) is 122 cm³/mol. The van der Waals surface area contributed by atoms with Gasteiger partial charge in [0.25, 0.3) is 15.9 Å². The van der Waals surface area contributed by atoms with Crippen LogP contribution < -0.4 is 14.5 Å². The van der Waals surface area contributed by atoms with Crippen LogP contribution in [0.4, 0.5) is 5.69 Å². The van der Waals surface area contributed by atoms with E-state index in [1.54, 1.807) is 42.5 Å². The molecule has 1 N–H and O–H groups in total. The predicted octanol–water partition coefficient (Wildman–Crippen LogP) is 4.11. The first-order valence-corrected chi connectivity index (χ1v) is 12.0. The number of methoxy groups -OCH3 is 1. The summed E-state index contributed by atoms with van der Waals surface area (Å²) < 4.78 is 33.0. The highest BCUT2D eigenvalue weighted by Gasteiger charge is 2.27. The van der Waals surface area contributed by atoms with E-state index in [1.807, 2.05) is 0 Å². The van der Waals surface area contributed by atoms with Gasteiger partial charge >= 0.3 is 0 Å². The number of ether oxygens (including phenoxy) is 1. The van der Waals surface area contributed by atoms with Crippen molar-refractivity contribution in [2.45, 2.75) is 49.8 Å². The summed E-state index contributed by atoms with van der Waals surface area (Å²) in [6, 6.07) is 14.7. The quantitative estimate of drug-likeness (QED) is 0.653. The molecule has 1 aliphatic carbocycles. The molecule has 8 heteroatoms. The second kappa shape index (κ2) is 10.9. The van der Waals surface area contributed by atoms with Gasteiger partial charge in [0, 0.05) is 11.8 Å². The van der Waals surface area contributed by atoms with Crippen molar-refractivity contribution in [3.8, 4) is 5.75 Å². The van der Waals surface area contributed by atoms with Crippen molar-refractivity contribution in [2.75, 3.05) is 18.0 Å². The van der Waals surface area contributed by atoms with Crippen LogP contribution in [0.1, 0.15) is 44.9 Å². The van der Waals surface area contributed by atoms with Crippen LogP contribution >= 0.6 is 0 Å². The average molecular weight is 444 g/mol. The van der Waals surface area contributed by atoms with Gasteiger partial charge in [-0.05, 0) is 49.9 Å². The van der Waals surface area contributed by atoms with Crippen LogP contribution in [0, 0.1) is 0 Å². The molecule has 0 unspecified atom stereocenters. The molecule has 1 amide bonds. The number of hydrogen-bond donors (Lipinski definition) is 1. The molecule has 0 bridgehead atoms. The molecule has 2 aromatic rings. The number of nitrogens with zero attached hydrogens (tertiary/aromatic N) is 2. The van der Waals surface area contributed by atoms with E-state index < -0.39 is 15.9 Å². The summed E-state index contributed by atoms with van der Waals surface area (Å²) in [6.45, 7) is -0.388. The van der Waals surface area contributed by atoms with Crippen LogP contribution in [0.5, 0.6) is 5.75 Å². The van der Waals surface area contributed by atoms with E-state index in [0.717, 1.165) is 35.7 Å². The Bertz CT molecular complexity index is 996. The van der Waals surface area contributed by atoms with E-state index in [4.69, 9.17) is 4.74 Å². The second-order valence-corrected chi connectivity index (χ2v) is 9.37. The minimum atomic E-state index is -3.96. The van der Waals surface area contributed by atoms with Crippen molar-refractivity contribution < 1.29 is 17.9 Å². The van der Waals surface area contributed by atoms with Gasteiger partial charge in [0.1, 0.15) is 12.3 Å². The molecular formula is C23H29N3O4S. The topological polar surface area (TPSA) is 88.1 Å². The highest BCUT2D eigenvalue weighted by atomic mass is 32.2. The standard InChI is InChI=1S/C23H29N3O4S/c1-30-21-14-10-13-20(17-21)26(31(28,29)22-15-8-5-9-16-22)18-23(27)25-24-19-11-6-3-2-4-7-12-19/h5,8-10,13-17H,2-4,6-7,11-12,18H2,1H3,(H,25,27). The monoisotopic (exact) mass is 443 g/mol. The summed E-state index contributed by atoms with van der Waals surface area (Å²) in [5.74, 6) is 0.0119. The van der Waals surface area contributed by atoms with Crippen molar-refractivity contribution in [3.63, 3.8) is 0 Å². The zero-order chi connectivity index (χ0) is 22.1. The number of anilines is 1. The molecule has 0 aromatic heterocycles. The van der Waals surface area contributed by atoms with Gasteiger partial charge in [-0.3, -0.25) is 9.10 Å². The van der Waals surface area contributed by atoms with E-state index in [-0.39, 0.29) is 11.4 Å². The van der Waals surface area contributed by atoms with Gasteiger partial charge in [0.05, 0.1) is 17.7 Å². The molecule has 0 atom stereocenters. The third kappa shape index (κ3) is 6.30. The number of amides is 1. The molecule has 0 saturated heterocycles. The van der Waals surface area contributed by atoms with E-state index in [0.29, 0.717) is 11.4 Å². The molecule has 1 fully saturated rings. The SMILES string of the molecule is COc1cccc(N(CC(=O)NN=C2CCCCCCC2)S(=O)(=O)c2ccccc2)c1. The first-order valence-electron chi connectivity index (χ1n) is 10.6. The molecule has 0 spiro atoms. The molecule has 166 valence electrons. The Hall–Kier alpha value is -2.87. The van der Waals surface area contributed by atoms with Crippen molar-refractivity contribution >= 4 is 27.3 Å². The maximum absolute atomic E-state index is 13.3. The third-order valence-corrected chi connectivity index (χ3v) is 7.02. The number of nitrogens with one attached hydrogen (secondary N) is 1. The Kier molecular flexibility index (Phi) is 8.06. The molecule has 0 heterocycles. The second-order valence-electron chi connectivity index (χ2n) is 7.51. The zero-order valence-electron chi connectivity index (χ0n) is 17.8. The van der Waals surface area contributed by atoms with Crippen LogP contribution in [-0.4, -0.2) is 33.7 Å². The lowest BCUT2D eigenvalue weighted by molar-refractivity contribution is -0.119. The molecule has 1 saturated carbocycles. The van der Waals surface area contributed by atoms with E-state index in [9.17, 15) is 13.2 Å². The van der Waals surface area contributed by atoms with E-state index in [1.165, 1.54) is 38.5 Å². The summed E-state index contributed by atoms with van der Waals surface area (Å²) in [5, 5.41) is 4.29. The summed E-state index contributed by atoms with van der Waals surface area (Å²) in [7, 11) is -2.45. The maximum Gasteiger partial charge on any atom is 0.264 e. The number of sulfonamides is 1. The number of benzene rings is 2. The van der Waals surface area contributed by atoms with E-state index >= 15 is 0 Å². The summed E-state index contributed by atoms with van der Waals surface area (Å²) in [6.07, 6.45) is 7.44. The maximum atomic E-state index is 13.3. The minimum absolute atomic E-state index is 0.108. The van der Waals surface area contributed by atoms with Gasteiger partial charge in [-0.15, -0.1) is 0 Å². The fourth-order valence-electron chi connectivity index (χ4n) is 3.53. The van der Waals surface area contributed by atoms with Crippen LogP contribution in [0.25, 0.3) is 0 Å². The first-order chi connectivity index (χ1) is 15.0. The third-order valence-electron chi connectivity index (χ3n) is 5.23. The molecular weight excluding hydrogens is 414 g/mol. The Balaban J connectivity index is 1.83. The van der Waals surface area contributed by atoms with Gasteiger partial charge in [0.15, 0.2) is 0 Å². The zero-order valence-corrected chi connectivity index (χ0v) is 18.6. The van der Waals surface area contributed by atoms with Crippen LogP contribution in [0.15, 0.2) is 64.6 Å². The number of carbonyl (C=O) groups excluding carboxylic acids is 1. The van der Waals surface area contributed by atoms with Gasteiger partial charge in [-0.25, -0.2) is 13.8 Å². The summed E-state index contributed by atoms with van der Waals surface area (Å²) >= 11 is 0. The van der Waals surface area contributed by atoms with Gasteiger partial charge in [-0.2, -0.15) is 5.10 Å². The average Bonchev–Trinajstić information content (AvgIpc) is 2.77. The van der Waals surface area contributed by atoms with Gasteiger partial charge in [0.2, 0.25) is 0 Å². The van der Waals surface area contributed by atoms with Crippen molar-refractivity contribution in [1.82, 2.24) is 5.43 Å². The molecule has 0 radical (unpaired) electrons. The van der Waals surface area contributed by atoms with Crippen LogP contribution in [-0.2, 0) is 14.8 Å². The van der Waals surface area contributed by atoms with Gasteiger partial charge in [-0.1, -0.05) is 43.5 Å². The first kappa shape index (κ1) is 22.8. The Morgan fingerprint density at radius 1 is 1.00 bits per heavy atom. The highest BCUT2D eigenvalue weighted by molar-refractivity contribution is 7.92. The van der Waals surface area contributed by atoms with Crippen molar-refractivity contribution in [3.05, 3.63) is 54.6 Å². The van der Waals surface area contributed by atoms with Crippen molar-refractivity contribution in [1.29, 1.82) is 0 Å². The lowest BCUT2D eigenvalue weighted by Gasteiger charge is -2.24. The number of rotatable bonds is 7. The normalized spacial score (nSPS) is 14.8. The molecule has 3 rings (SSSR count). The Morgan fingerprint density at radius 2 is 1.68 bits per heavy atom. The van der Waals surface area contributed by atoms with Gasteiger partial charge < -0.3 is 4.74 Å². The summed E-state index contributed by atoms with van der Waals surface area (Å²) in [4.78, 5) is 12.8. The van der Waals surface area contributed by atoms with Crippen molar-refractivity contribution in [2.24, 2.45) is 5.10 Å². The Morgan fingerprint density at radius 3 is 2.35 bits per heavy atom. The fourth-order valence-corrected chi connectivity index (χ4v) is 4.97. The molecule has 7 nitrogen and oxygen atoms in total. The summed E-state index contributed by atoms with van der Waals surface area (Å²) in [5.41, 5.74) is 3.87. The number of hydrogen-bond acceptors (Lipinski definition) is 5. The molecule has 0 aliphatic heterocycles. The largest absolute Gasteiger partial charge is 0.497 e. The molecule has 1 aliphatic rings. The number of carbonyl (C=O) groups is 1. The smallest absolute Gasteiger partial charge is 0.264 e. The fraction of sp³-hybridized carbons (Fsp3) is 0.391. The van der Waals surface area contributed by atoms with Crippen LogP contribution in [0.2, 0.25) is 0 Å². The lowest BCUT2D eigenvalue weighted by atomic mass is 9.99. The molecule has 31 heavy (non-hydrogen) atoms. The minimum Gasteiger partial charge on any atom is -0.497 e. The van der Waals surface area contributed by atoms with E-state index in [2.05, 4.69) is 10.5 Å². The van der Waals surface area contributed by atoms with Crippen LogP contribution in [0.3, 0.4) is 0 Å². The number of hydrazone groups is 1. The lowest BCUT2D eigenvalue weighted by Crippen LogP contribution is -2.39. The molecule has 2 aromatic carbocycles. The highest BCUT2D eigenvalue weighted by Crippen LogP contribution is 2.26.